The maximum Gasteiger partial charge on any atom is 0.0541 e. The summed E-state index contributed by atoms with van der Waals surface area (Å²) in [6.45, 7) is 9.06. The minimum Gasteiger partial charge on any atom is -0.338 e. The van der Waals surface area contributed by atoms with Crippen LogP contribution in [0, 0.1) is 0 Å². The number of hydrogen-bond donors (Lipinski definition) is 0. The van der Waals surface area contributed by atoms with Gasteiger partial charge in [-0.3, -0.25) is 0 Å². The van der Waals surface area contributed by atoms with Crippen molar-refractivity contribution in [3.8, 4) is 11.4 Å². The van der Waals surface area contributed by atoms with Crippen LogP contribution in [0.4, 0.5) is 0 Å². The van der Waals surface area contributed by atoms with Gasteiger partial charge in [0.05, 0.1) is 22.1 Å². The van der Waals surface area contributed by atoms with Crippen molar-refractivity contribution in [1.82, 2.24) is 18.3 Å². The summed E-state index contributed by atoms with van der Waals surface area (Å²) in [4.78, 5) is 0. The Morgan fingerprint density at radius 1 is 0.274 bits per heavy atom. The van der Waals surface area contributed by atoms with Crippen molar-refractivity contribution in [2.45, 2.75) is 39.8 Å². The van der Waals surface area contributed by atoms with Crippen LogP contribution in [0.1, 0.15) is 39.8 Å². The van der Waals surface area contributed by atoms with Crippen LogP contribution in [0.25, 0.3) is 109 Å². The van der Waals surface area contributed by atoms with Gasteiger partial charge in [0.25, 0.3) is 0 Å². The van der Waals surface area contributed by atoms with Crippen LogP contribution in [0.2, 0.25) is 0 Å². The lowest BCUT2D eigenvalue weighted by molar-refractivity contribution is 0.642. The van der Waals surface area contributed by atoms with Crippen molar-refractivity contribution in [1.29, 1.82) is 0 Å². The first kappa shape index (κ1) is 36.3. The fourth-order valence-corrected chi connectivity index (χ4v) is 10.6. The minimum atomic E-state index is 0.336. The highest BCUT2D eigenvalue weighted by molar-refractivity contribution is 6.21. The van der Waals surface area contributed by atoms with Crippen LogP contribution in [0.3, 0.4) is 0 Å². The van der Waals surface area contributed by atoms with E-state index in [4.69, 9.17) is 0 Å². The Morgan fingerprint density at radius 3 is 1.06 bits per heavy atom. The Bertz CT molecular complexity index is 3610. The summed E-state index contributed by atoms with van der Waals surface area (Å²) in [6, 6.07) is 71.6. The molecule has 0 aliphatic rings. The van der Waals surface area contributed by atoms with E-state index in [0.717, 1.165) is 0 Å². The molecule has 4 nitrogen and oxygen atoms in total. The average Bonchev–Trinajstić information content (AvgIpc) is 4.04. The monoisotopic (exact) mass is 798 g/mol. The van der Waals surface area contributed by atoms with Gasteiger partial charge in [0.2, 0.25) is 0 Å². The van der Waals surface area contributed by atoms with Crippen molar-refractivity contribution < 1.29 is 0 Å². The van der Waals surface area contributed by atoms with Crippen molar-refractivity contribution in [3.63, 3.8) is 0 Å². The summed E-state index contributed by atoms with van der Waals surface area (Å²) in [5, 5.41) is 13.1. The molecule has 13 aromatic rings. The molecular weight excluding hydrogens is 753 g/mol. The highest BCUT2D eigenvalue weighted by Crippen LogP contribution is 2.40. The highest BCUT2D eigenvalue weighted by Gasteiger charge is 2.19. The molecule has 0 N–H and O–H groups in total. The molecular formula is C58H46N4. The molecule has 0 saturated carbocycles. The van der Waals surface area contributed by atoms with E-state index in [-0.39, 0.29) is 0 Å². The van der Waals surface area contributed by atoms with Gasteiger partial charge < -0.3 is 18.3 Å². The summed E-state index contributed by atoms with van der Waals surface area (Å²) in [5.41, 5.74) is 12.5. The molecule has 0 fully saturated rings. The van der Waals surface area contributed by atoms with E-state index in [0.29, 0.717) is 12.1 Å². The van der Waals surface area contributed by atoms with E-state index in [1.807, 2.05) is 0 Å². The second-order valence-corrected chi connectivity index (χ2v) is 17.3. The number of rotatable bonds is 4. The predicted molar refractivity (Wildman–Crippen MR) is 266 cm³/mol. The predicted octanol–water partition coefficient (Wildman–Crippen LogP) is 16.1. The standard InChI is InChI=1S/C39H29N3.C19H17N/c1-25(2)40-38-21-19-26(41-34-15-7-3-11-28(34)29-12-4-8-16-35(29)41)23-32(38)33-24-27(20-22-39(33)40)42-36-17-9-5-13-30(36)31-14-6-10-18-37(31)42;1-13(2)20-17-10-6-5-9-16(17)19-15-8-4-3-7-14(15)11-12-18(19)20/h3-25H,1-2H3;3-13H,1-2H3. The van der Waals surface area contributed by atoms with Gasteiger partial charge in [-0.1, -0.05) is 121 Å². The van der Waals surface area contributed by atoms with Crippen LogP contribution >= 0.6 is 0 Å². The number of aromatic nitrogens is 4. The fraction of sp³-hybridized carbons (Fsp3) is 0.103. The van der Waals surface area contributed by atoms with Gasteiger partial charge in [-0.15, -0.1) is 0 Å². The molecule has 4 aromatic heterocycles. The summed E-state index contributed by atoms with van der Waals surface area (Å²) < 4.78 is 9.76. The van der Waals surface area contributed by atoms with Gasteiger partial charge in [-0.2, -0.15) is 0 Å². The Morgan fingerprint density at radius 2 is 0.613 bits per heavy atom. The third kappa shape index (κ3) is 5.32. The smallest absolute Gasteiger partial charge is 0.0541 e. The van der Waals surface area contributed by atoms with E-state index in [1.165, 1.54) is 109 Å². The zero-order valence-electron chi connectivity index (χ0n) is 35.4. The van der Waals surface area contributed by atoms with Gasteiger partial charge in [-0.25, -0.2) is 0 Å². The van der Waals surface area contributed by atoms with Gasteiger partial charge in [0, 0.05) is 88.6 Å². The van der Waals surface area contributed by atoms with E-state index < -0.39 is 0 Å². The van der Waals surface area contributed by atoms with Gasteiger partial charge in [-0.05, 0) is 111 Å². The number of nitrogens with zero attached hydrogens (tertiary/aromatic N) is 4. The maximum absolute atomic E-state index is 2.48. The number of benzene rings is 9. The van der Waals surface area contributed by atoms with Crippen molar-refractivity contribution in [2.24, 2.45) is 0 Å². The molecule has 0 radical (unpaired) electrons. The van der Waals surface area contributed by atoms with Crippen molar-refractivity contribution in [2.75, 3.05) is 0 Å². The topological polar surface area (TPSA) is 19.7 Å². The zero-order valence-corrected chi connectivity index (χ0v) is 35.4. The maximum atomic E-state index is 2.48. The second kappa shape index (κ2) is 14.0. The molecule has 0 spiro atoms. The Labute approximate surface area is 360 Å². The Hall–Kier alpha value is -7.56. The third-order valence-corrected chi connectivity index (χ3v) is 13.1. The van der Waals surface area contributed by atoms with E-state index in [9.17, 15) is 0 Å². The first-order valence-corrected chi connectivity index (χ1v) is 21.9. The SMILES string of the molecule is CC(C)n1c2ccc(-n3c4ccccc4c4ccccc43)cc2c2cc(-n3c4ccccc4c4ccccc43)ccc21.CC(C)n1c2ccccc2c2c3ccccc3ccc21. The lowest BCUT2D eigenvalue weighted by Gasteiger charge is -2.13. The number of fused-ring (bicyclic) bond motifs is 14. The molecule has 4 heteroatoms. The summed E-state index contributed by atoms with van der Waals surface area (Å²) in [7, 11) is 0. The number of hydrogen-bond acceptors (Lipinski definition) is 0. The molecule has 0 bridgehead atoms. The highest BCUT2D eigenvalue weighted by atomic mass is 15.0. The van der Waals surface area contributed by atoms with Crippen LogP contribution in [0.15, 0.2) is 194 Å². The molecule has 298 valence electrons. The Balaban J connectivity index is 0.000000171. The Kier molecular flexibility index (Phi) is 8.20. The van der Waals surface area contributed by atoms with Crippen molar-refractivity contribution >= 4 is 98.0 Å². The molecule has 0 unspecified atom stereocenters. The molecule has 4 heterocycles. The molecule has 0 atom stereocenters. The minimum absolute atomic E-state index is 0.336. The molecule has 9 aromatic carbocycles. The van der Waals surface area contributed by atoms with Gasteiger partial charge in [0.15, 0.2) is 0 Å². The molecule has 0 saturated heterocycles. The first-order chi connectivity index (χ1) is 30.5. The number of para-hydroxylation sites is 5. The van der Waals surface area contributed by atoms with Crippen LogP contribution in [-0.2, 0) is 0 Å². The molecule has 13 rings (SSSR count). The van der Waals surface area contributed by atoms with E-state index in [2.05, 4.69) is 240 Å². The second-order valence-electron chi connectivity index (χ2n) is 17.3. The molecule has 0 amide bonds. The van der Waals surface area contributed by atoms with Gasteiger partial charge in [0.1, 0.15) is 0 Å². The van der Waals surface area contributed by atoms with Crippen LogP contribution < -0.4 is 0 Å². The summed E-state index contributed by atoms with van der Waals surface area (Å²) in [6.07, 6.45) is 0. The lowest BCUT2D eigenvalue weighted by atomic mass is 10.0. The largest absolute Gasteiger partial charge is 0.338 e. The zero-order chi connectivity index (χ0) is 41.6. The molecule has 62 heavy (non-hydrogen) atoms. The fourth-order valence-electron chi connectivity index (χ4n) is 10.6. The lowest BCUT2D eigenvalue weighted by Crippen LogP contribution is -2.00. The van der Waals surface area contributed by atoms with E-state index in [1.54, 1.807) is 0 Å². The van der Waals surface area contributed by atoms with Crippen LogP contribution in [-0.4, -0.2) is 18.3 Å². The average molecular weight is 799 g/mol. The summed E-state index contributed by atoms with van der Waals surface area (Å²) >= 11 is 0. The quantitative estimate of drug-likeness (QED) is 0.169. The third-order valence-electron chi connectivity index (χ3n) is 13.1. The van der Waals surface area contributed by atoms with E-state index >= 15 is 0 Å². The van der Waals surface area contributed by atoms with Crippen LogP contribution in [0.5, 0.6) is 0 Å². The normalized spacial score (nSPS) is 12.2. The van der Waals surface area contributed by atoms with Gasteiger partial charge >= 0.3 is 0 Å². The molecule has 0 aliphatic heterocycles. The summed E-state index contributed by atoms with van der Waals surface area (Å²) in [5.74, 6) is 0. The molecule has 0 aliphatic carbocycles. The van der Waals surface area contributed by atoms with Crippen molar-refractivity contribution in [3.05, 3.63) is 194 Å². The first-order valence-electron chi connectivity index (χ1n) is 21.9.